The topological polar surface area (TPSA) is 86.3 Å². The number of anilines is 2. The van der Waals surface area contributed by atoms with Gasteiger partial charge in [0.1, 0.15) is 11.6 Å². The molecule has 0 radical (unpaired) electrons. The summed E-state index contributed by atoms with van der Waals surface area (Å²) in [7, 11) is 6.04. The summed E-state index contributed by atoms with van der Waals surface area (Å²) in [5, 5.41) is 2.73. The van der Waals surface area contributed by atoms with Crippen molar-refractivity contribution in [3.05, 3.63) is 71.0 Å². The average Bonchev–Trinajstić information content (AvgIpc) is 2.93. The summed E-state index contributed by atoms with van der Waals surface area (Å²) in [5.41, 5.74) is 1.56. The summed E-state index contributed by atoms with van der Waals surface area (Å²) in [6.45, 7) is 0. The molecule has 10 heteroatoms. The normalized spacial score (nSPS) is 17.1. The van der Waals surface area contributed by atoms with Crippen LogP contribution in [-0.2, 0) is 9.59 Å². The van der Waals surface area contributed by atoms with Gasteiger partial charge >= 0.3 is 0 Å². The Morgan fingerprint density at radius 3 is 2.16 bits per heavy atom. The SMILES string of the molecule is COc1ccc([C@H]2[C@H](C(=O)Nc3ccc(F)c(Cl)c3)CCC(=O)N2c2cc(OC)c(OC)c(OC)c2)cc1. The van der Waals surface area contributed by atoms with E-state index in [-0.39, 0.29) is 23.3 Å². The van der Waals surface area contributed by atoms with Gasteiger partial charge in [-0.3, -0.25) is 9.59 Å². The monoisotopic (exact) mass is 542 g/mol. The van der Waals surface area contributed by atoms with E-state index in [0.29, 0.717) is 40.8 Å². The van der Waals surface area contributed by atoms with Crippen LogP contribution in [-0.4, -0.2) is 40.3 Å². The van der Waals surface area contributed by atoms with Crippen molar-refractivity contribution >= 4 is 34.8 Å². The minimum Gasteiger partial charge on any atom is -0.497 e. The van der Waals surface area contributed by atoms with Crippen LogP contribution in [0.5, 0.6) is 23.0 Å². The molecule has 3 aromatic rings. The van der Waals surface area contributed by atoms with Gasteiger partial charge in [0, 0.05) is 24.2 Å². The molecule has 2 amide bonds. The second-order valence-corrected chi connectivity index (χ2v) is 9.04. The van der Waals surface area contributed by atoms with Crippen molar-refractivity contribution in [2.45, 2.75) is 18.9 Å². The van der Waals surface area contributed by atoms with Crippen LogP contribution in [0.4, 0.5) is 15.8 Å². The van der Waals surface area contributed by atoms with E-state index in [0.717, 1.165) is 5.56 Å². The number of piperidine rings is 1. The fourth-order valence-electron chi connectivity index (χ4n) is 4.67. The maximum atomic E-state index is 13.7. The van der Waals surface area contributed by atoms with E-state index >= 15 is 0 Å². The van der Waals surface area contributed by atoms with E-state index in [4.69, 9.17) is 30.5 Å². The number of benzene rings is 3. The lowest BCUT2D eigenvalue weighted by atomic mass is 9.83. The molecule has 1 N–H and O–H groups in total. The average molecular weight is 543 g/mol. The first-order valence-corrected chi connectivity index (χ1v) is 12.2. The Hall–Kier alpha value is -3.98. The van der Waals surface area contributed by atoms with Crippen molar-refractivity contribution in [1.29, 1.82) is 0 Å². The third kappa shape index (κ3) is 5.33. The Balaban J connectivity index is 1.81. The van der Waals surface area contributed by atoms with Crippen LogP contribution in [0.2, 0.25) is 5.02 Å². The maximum Gasteiger partial charge on any atom is 0.229 e. The molecule has 0 spiro atoms. The quantitative estimate of drug-likeness (QED) is 0.397. The van der Waals surface area contributed by atoms with Gasteiger partial charge in [-0.25, -0.2) is 4.39 Å². The summed E-state index contributed by atoms with van der Waals surface area (Å²) in [4.78, 5) is 28.7. The number of nitrogens with zero attached hydrogens (tertiary/aromatic N) is 1. The molecule has 1 saturated heterocycles. The molecule has 1 aliphatic heterocycles. The van der Waals surface area contributed by atoms with Gasteiger partial charge in [-0.2, -0.15) is 0 Å². The zero-order valence-corrected chi connectivity index (χ0v) is 22.2. The molecule has 4 rings (SSSR count). The maximum absolute atomic E-state index is 13.7. The first-order chi connectivity index (χ1) is 18.3. The highest BCUT2D eigenvalue weighted by Gasteiger charge is 2.42. The van der Waals surface area contributed by atoms with Crippen molar-refractivity contribution < 1.29 is 32.9 Å². The summed E-state index contributed by atoms with van der Waals surface area (Å²) in [6.07, 6.45) is 0.433. The number of ether oxygens (including phenoxy) is 4. The Bertz CT molecular complexity index is 1310. The first-order valence-electron chi connectivity index (χ1n) is 11.8. The molecule has 3 aromatic carbocycles. The van der Waals surface area contributed by atoms with Crippen LogP contribution in [0.1, 0.15) is 24.4 Å². The highest BCUT2D eigenvalue weighted by atomic mass is 35.5. The van der Waals surface area contributed by atoms with E-state index in [1.807, 2.05) is 12.1 Å². The molecule has 2 atom stereocenters. The Morgan fingerprint density at radius 2 is 1.61 bits per heavy atom. The van der Waals surface area contributed by atoms with Gasteiger partial charge in [-0.15, -0.1) is 0 Å². The van der Waals surface area contributed by atoms with Crippen LogP contribution in [0.3, 0.4) is 0 Å². The number of nitrogens with one attached hydrogen (secondary N) is 1. The minimum atomic E-state index is -0.680. The van der Waals surface area contributed by atoms with Gasteiger partial charge in [0.2, 0.25) is 17.6 Å². The summed E-state index contributed by atoms with van der Waals surface area (Å²) >= 11 is 5.92. The van der Waals surface area contributed by atoms with Gasteiger partial charge < -0.3 is 29.2 Å². The summed E-state index contributed by atoms with van der Waals surface area (Å²) in [6, 6.07) is 13.8. The predicted molar refractivity (Wildman–Crippen MR) is 142 cm³/mol. The van der Waals surface area contributed by atoms with E-state index in [2.05, 4.69) is 5.32 Å². The summed E-state index contributed by atoms with van der Waals surface area (Å²) < 4.78 is 35.4. The fourth-order valence-corrected chi connectivity index (χ4v) is 4.85. The highest BCUT2D eigenvalue weighted by molar-refractivity contribution is 6.31. The lowest BCUT2D eigenvalue weighted by Gasteiger charge is -2.41. The predicted octanol–water partition coefficient (Wildman–Crippen LogP) is 5.64. The zero-order chi connectivity index (χ0) is 27.4. The first kappa shape index (κ1) is 27.1. The molecule has 1 fully saturated rings. The minimum absolute atomic E-state index is 0.104. The van der Waals surface area contributed by atoms with E-state index in [1.165, 1.54) is 39.5 Å². The Labute approximate surface area is 225 Å². The van der Waals surface area contributed by atoms with Crippen molar-refractivity contribution in [3.8, 4) is 23.0 Å². The largest absolute Gasteiger partial charge is 0.497 e. The highest BCUT2D eigenvalue weighted by Crippen LogP contribution is 2.46. The zero-order valence-electron chi connectivity index (χ0n) is 21.4. The Morgan fingerprint density at radius 1 is 0.947 bits per heavy atom. The number of carbonyl (C=O) groups is 2. The molecule has 0 saturated carbocycles. The summed E-state index contributed by atoms with van der Waals surface area (Å²) in [5.74, 6) is 0.0178. The molecule has 1 heterocycles. The van der Waals surface area contributed by atoms with Gasteiger partial charge in [0.25, 0.3) is 0 Å². The molecule has 0 aliphatic carbocycles. The molecule has 0 bridgehead atoms. The van der Waals surface area contributed by atoms with Crippen molar-refractivity contribution in [2.24, 2.45) is 5.92 Å². The van der Waals surface area contributed by atoms with Crippen LogP contribution in [0, 0.1) is 11.7 Å². The number of rotatable bonds is 8. The number of carbonyl (C=O) groups excluding carboxylic acids is 2. The van der Waals surface area contributed by atoms with Crippen LogP contribution in [0.15, 0.2) is 54.6 Å². The van der Waals surface area contributed by atoms with Crippen LogP contribution < -0.4 is 29.2 Å². The molecule has 0 aromatic heterocycles. The fraction of sp³-hybridized carbons (Fsp3) is 0.286. The van der Waals surface area contributed by atoms with E-state index in [9.17, 15) is 14.0 Å². The number of methoxy groups -OCH3 is 4. The van der Waals surface area contributed by atoms with Crippen LogP contribution >= 0.6 is 11.6 Å². The standard InChI is InChI=1S/C28H28ClFN2O6/c1-35-19-8-5-16(6-9-19)26-20(28(34)31-17-7-11-22(30)21(29)13-17)10-12-25(33)32(26)18-14-23(36-2)27(38-4)24(15-18)37-3/h5-9,11,13-15,20,26H,10,12H2,1-4H3,(H,31,34)/t20-,26+/m1/s1. The van der Waals surface area contributed by atoms with Gasteiger partial charge in [0.15, 0.2) is 11.5 Å². The smallest absolute Gasteiger partial charge is 0.229 e. The third-order valence-corrected chi connectivity index (χ3v) is 6.80. The van der Waals surface area contributed by atoms with Crippen LogP contribution in [0.25, 0.3) is 0 Å². The number of amides is 2. The lowest BCUT2D eigenvalue weighted by Crippen LogP contribution is -2.47. The lowest BCUT2D eigenvalue weighted by molar-refractivity contribution is -0.125. The molecule has 38 heavy (non-hydrogen) atoms. The molecular weight excluding hydrogens is 515 g/mol. The molecular formula is C28H28ClFN2O6. The van der Waals surface area contributed by atoms with E-state index < -0.39 is 17.8 Å². The van der Waals surface area contributed by atoms with Gasteiger partial charge in [0.05, 0.1) is 51.1 Å². The molecule has 200 valence electrons. The molecule has 8 nitrogen and oxygen atoms in total. The van der Waals surface area contributed by atoms with Gasteiger partial charge in [-0.1, -0.05) is 23.7 Å². The second-order valence-electron chi connectivity index (χ2n) is 8.63. The number of halogens is 2. The van der Waals surface area contributed by atoms with Crippen molar-refractivity contribution in [2.75, 3.05) is 38.7 Å². The number of hydrogen-bond acceptors (Lipinski definition) is 6. The van der Waals surface area contributed by atoms with E-state index in [1.54, 1.807) is 36.3 Å². The van der Waals surface area contributed by atoms with Crippen molar-refractivity contribution in [1.82, 2.24) is 0 Å². The van der Waals surface area contributed by atoms with Gasteiger partial charge in [-0.05, 0) is 42.3 Å². The molecule has 0 unspecified atom stereocenters. The number of hydrogen-bond donors (Lipinski definition) is 1. The van der Waals surface area contributed by atoms with Crippen molar-refractivity contribution in [3.63, 3.8) is 0 Å². The Kier molecular flexibility index (Phi) is 8.26. The third-order valence-electron chi connectivity index (χ3n) is 6.51. The second kappa shape index (κ2) is 11.6. The molecule has 1 aliphatic rings.